The molecule has 0 spiro atoms. The molecule has 190 valence electrons. The molecule has 4 rings (SSSR count). The number of hydrogen-bond donors (Lipinski definition) is 1. The number of hydrogen-bond acceptors (Lipinski definition) is 5. The van der Waals surface area contributed by atoms with Crippen molar-refractivity contribution in [2.24, 2.45) is 0 Å². The third kappa shape index (κ3) is 5.02. The van der Waals surface area contributed by atoms with Gasteiger partial charge < -0.3 is 14.6 Å². The Morgan fingerprint density at radius 2 is 2.03 bits per heavy atom. The second-order valence-corrected chi connectivity index (χ2v) is 9.36. The van der Waals surface area contributed by atoms with Crippen molar-refractivity contribution in [1.82, 2.24) is 19.8 Å². The van der Waals surface area contributed by atoms with Crippen LogP contribution in [0.1, 0.15) is 36.2 Å². The van der Waals surface area contributed by atoms with Crippen LogP contribution in [0.5, 0.6) is 0 Å². The number of imidazole rings is 1. The number of aryl methyl sites for hydroxylation is 1. The van der Waals surface area contributed by atoms with Gasteiger partial charge in [-0.15, -0.1) is 0 Å². The van der Waals surface area contributed by atoms with E-state index in [4.69, 9.17) is 4.74 Å². The van der Waals surface area contributed by atoms with Crippen molar-refractivity contribution in [2.75, 3.05) is 33.9 Å². The number of likely N-dealkylation sites (tertiary alicyclic amines) is 1. The summed E-state index contributed by atoms with van der Waals surface area (Å²) < 4.78 is 18.6. The first-order valence-corrected chi connectivity index (χ1v) is 12.0. The van der Waals surface area contributed by atoms with Gasteiger partial charge in [0.1, 0.15) is 11.6 Å². The molecule has 36 heavy (non-hydrogen) atoms. The number of carbonyl (C=O) groups is 3. The number of likely N-dealkylation sites (N-methyl/N-ethyl adjacent to an activating group) is 1. The molecule has 9 heteroatoms. The first-order valence-electron chi connectivity index (χ1n) is 12.0. The topological polar surface area (TPSA) is 95.6 Å². The Balaban J connectivity index is 1.52. The standard InChI is InChI=1S/C27H31FN4O4/c1-18-7-4-5-8-20(18)27(17-25(34)32(26(27)35)12-6-14-36-3)16-24(33)31(2)13-11-23-29-21-10-9-19(28)15-22(21)30-23/h4-5,7-10,15H,6,11-14,16-17H2,1-3H3,(H,29,30)/t27-/m1/s1. The maximum absolute atomic E-state index is 13.7. The van der Waals surface area contributed by atoms with Crippen molar-refractivity contribution in [2.45, 2.75) is 38.0 Å². The highest BCUT2D eigenvalue weighted by atomic mass is 19.1. The van der Waals surface area contributed by atoms with E-state index in [1.807, 2.05) is 31.2 Å². The highest BCUT2D eigenvalue weighted by Crippen LogP contribution is 2.41. The molecule has 1 saturated heterocycles. The number of ether oxygens (including phenoxy) is 1. The molecule has 0 aliphatic carbocycles. The number of carbonyl (C=O) groups excluding carboxylic acids is 3. The zero-order valence-corrected chi connectivity index (χ0v) is 20.8. The van der Waals surface area contributed by atoms with Gasteiger partial charge in [0.05, 0.1) is 16.4 Å². The summed E-state index contributed by atoms with van der Waals surface area (Å²) >= 11 is 0. The minimum atomic E-state index is -1.24. The molecule has 0 radical (unpaired) electrons. The number of methoxy groups -OCH3 is 1. The van der Waals surface area contributed by atoms with E-state index < -0.39 is 5.41 Å². The number of rotatable bonds is 10. The average molecular weight is 495 g/mol. The lowest BCUT2D eigenvalue weighted by molar-refractivity contribution is -0.142. The van der Waals surface area contributed by atoms with Crippen molar-refractivity contribution in [3.63, 3.8) is 0 Å². The van der Waals surface area contributed by atoms with Crippen LogP contribution in [0.3, 0.4) is 0 Å². The summed E-state index contributed by atoms with van der Waals surface area (Å²) in [5.41, 5.74) is 1.59. The van der Waals surface area contributed by atoms with Gasteiger partial charge in [-0.3, -0.25) is 19.3 Å². The second-order valence-electron chi connectivity index (χ2n) is 9.36. The number of benzene rings is 2. The van der Waals surface area contributed by atoms with E-state index in [1.54, 1.807) is 25.1 Å². The van der Waals surface area contributed by atoms with Gasteiger partial charge >= 0.3 is 0 Å². The number of aromatic amines is 1. The Bertz CT molecular complexity index is 1290. The summed E-state index contributed by atoms with van der Waals surface area (Å²) in [6, 6.07) is 11.8. The molecule has 1 aliphatic heterocycles. The number of halogens is 1. The molecule has 1 atom stereocenters. The van der Waals surface area contributed by atoms with E-state index in [2.05, 4.69) is 9.97 Å². The largest absolute Gasteiger partial charge is 0.385 e. The lowest BCUT2D eigenvalue weighted by atomic mass is 9.74. The fraction of sp³-hybridized carbons (Fsp3) is 0.407. The first-order chi connectivity index (χ1) is 17.2. The van der Waals surface area contributed by atoms with Crippen LogP contribution in [0.15, 0.2) is 42.5 Å². The quantitative estimate of drug-likeness (QED) is 0.345. The zero-order valence-electron chi connectivity index (χ0n) is 20.8. The summed E-state index contributed by atoms with van der Waals surface area (Å²) in [5, 5.41) is 0. The van der Waals surface area contributed by atoms with E-state index in [1.165, 1.54) is 17.0 Å². The lowest BCUT2D eigenvalue weighted by Gasteiger charge is -2.30. The van der Waals surface area contributed by atoms with Crippen LogP contribution in [-0.2, 0) is 31.0 Å². The highest BCUT2D eigenvalue weighted by Gasteiger charge is 2.54. The van der Waals surface area contributed by atoms with Gasteiger partial charge in [0.2, 0.25) is 17.7 Å². The van der Waals surface area contributed by atoms with Crippen molar-refractivity contribution in [1.29, 1.82) is 0 Å². The zero-order chi connectivity index (χ0) is 25.9. The third-order valence-corrected chi connectivity index (χ3v) is 6.86. The number of nitrogens with zero attached hydrogens (tertiary/aromatic N) is 3. The molecule has 1 aliphatic rings. The SMILES string of the molecule is COCCCN1C(=O)C[C@](CC(=O)N(C)CCc2nc3ccc(F)cc3[nH]2)(c2ccccc2C)C1=O. The van der Waals surface area contributed by atoms with E-state index >= 15 is 0 Å². The number of aromatic nitrogens is 2. The number of fused-ring (bicyclic) bond motifs is 1. The average Bonchev–Trinajstić information content (AvgIpc) is 3.36. The maximum atomic E-state index is 13.7. The maximum Gasteiger partial charge on any atom is 0.240 e. The fourth-order valence-electron chi connectivity index (χ4n) is 4.89. The van der Waals surface area contributed by atoms with Crippen LogP contribution >= 0.6 is 0 Å². The summed E-state index contributed by atoms with van der Waals surface area (Å²) in [6.07, 6.45) is 0.822. The van der Waals surface area contributed by atoms with Gasteiger partial charge in [0, 0.05) is 53.1 Å². The molecule has 8 nitrogen and oxygen atoms in total. The minimum absolute atomic E-state index is 0.0433. The smallest absolute Gasteiger partial charge is 0.240 e. The molecule has 2 heterocycles. The molecule has 1 N–H and O–H groups in total. The van der Waals surface area contributed by atoms with E-state index in [0.717, 1.165) is 5.56 Å². The van der Waals surface area contributed by atoms with Crippen LogP contribution in [0, 0.1) is 12.7 Å². The number of H-pyrrole nitrogens is 1. The summed E-state index contributed by atoms with van der Waals surface area (Å²) in [4.78, 5) is 50.4. The summed E-state index contributed by atoms with van der Waals surface area (Å²) in [6.45, 7) is 2.94. The van der Waals surface area contributed by atoms with Crippen LogP contribution in [0.2, 0.25) is 0 Å². The second kappa shape index (κ2) is 10.6. The van der Waals surface area contributed by atoms with Crippen LogP contribution < -0.4 is 0 Å². The van der Waals surface area contributed by atoms with Crippen molar-refractivity contribution in [3.8, 4) is 0 Å². The molecule has 1 fully saturated rings. The van der Waals surface area contributed by atoms with E-state index in [-0.39, 0.29) is 42.9 Å². The van der Waals surface area contributed by atoms with Gasteiger partial charge in [0.15, 0.2) is 0 Å². The van der Waals surface area contributed by atoms with Gasteiger partial charge in [-0.05, 0) is 42.7 Å². The molecule has 3 amide bonds. The molecule has 0 bridgehead atoms. The molecular weight excluding hydrogens is 463 g/mol. The lowest BCUT2D eigenvalue weighted by Crippen LogP contribution is -2.43. The van der Waals surface area contributed by atoms with Gasteiger partial charge in [-0.1, -0.05) is 24.3 Å². The van der Waals surface area contributed by atoms with Crippen molar-refractivity contribution in [3.05, 3.63) is 65.2 Å². The minimum Gasteiger partial charge on any atom is -0.385 e. The Morgan fingerprint density at radius 1 is 1.25 bits per heavy atom. The predicted octanol–water partition coefficient (Wildman–Crippen LogP) is 3.13. The van der Waals surface area contributed by atoms with E-state index in [9.17, 15) is 18.8 Å². The van der Waals surface area contributed by atoms with Crippen LogP contribution in [0.25, 0.3) is 11.0 Å². The predicted molar refractivity (Wildman–Crippen MR) is 133 cm³/mol. The molecule has 3 aromatic rings. The molecule has 0 unspecified atom stereocenters. The molecular formula is C27H31FN4O4. The molecule has 0 saturated carbocycles. The normalized spacial score (nSPS) is 17.8. The van der Waals surface area contributed by atoms with Crippen LogP contribution in [0.4, 0.5) is 4.39 Å². The van der Waals surface area contributed by atoms with Crippen molar-refractivity contribution < 1.29 is 23.5 Å². The third-order valence-electron chi connectivity index (χ3n) is 6.86. The van der Waals surface area contributed by atoms with E-state index in [0.29, 0.717) is 48.4 Å². The monoisotopic (exact) mass is 494 g/mol. The number of amides is 3. The number of imide groups is 1. The molecule has 2 aromatic carbocycles. The van der Waals surface area contributed by atoms with Crippen LogP contribution in [-0.4, -0.2) is 71.3 Å². The highest BCUT2D eigenvalue weighted by molar-refractivity contribution is 6.11. The van der Waals surface area contributed by atoms with Gasteiger partial charge in [-0.25, -0.2) is 9.37 Å². The van der Waals surface area contributed by atoms with Gasteiger partial charge in [0.25, 0.3) is 0 Å². The van der Waals surface area contributed by atoms with Crippen molar-refractivity contribution >= 4 is 28.8 Å². The van der Waals surface area contributed by atoms with Gasteiger partial charge in [-0.2, -0.15) is 0 Å². The number of nitrogens with one attached hydrogen (secondary N) is 1. The fourth-order valence-corrected chi connectivity index (χ4v) is 4.89. The molecule has 1 aromatic heterocycles. The Morgan fingerprint density at radius 3 is 2.78 bits per heavy atom. The Hall–Kier alpha value is -3.59. The first kappa shape index (κ1) is 25.5. The Kier molecular flexibility index (Phi) is 7.49. The summed E-state index contributed by atoms with van der Waals surface area (Å²) in [7, 11) is 3.25. The Labute approximate surface area is 209 Å². The summed E-state index contributed by atoms with van der Waals surface area (Å²) in [5.74, 6) is -0.553.